The van der Waals surface area contributed by atoms with Gasteiger partial charge in [0.05, 0.1) is 13.2 Å². The Bertz CT molecular complexity index is 325. The van der Waals surface area contributed by atoms with Crippen molar-refractivity contribution in [3.05, 3.63) is 12.2 Å². The summed E-state index contributed by atoms with van der Waals surface area (Å²) >= 11 is 0. The van der Waals surface area contributed by atoms with Crippen LogP contribution in [0.1, 0.15) is 52.4 Å². The van der Waals surface area contributed by atoms with Crippen LogP contribution in [0.5, 0.6) is 0 Å². The SMILES string of the molecule is CCCCCCCOC(=O)/C=C/C(=O)OCC(C)CCOC. The van der Waals surface area contributed by atoms with Crippen LogP contribution in [-0.2, 0) is 23.8 Å². The molecule has 22 heavy (non-hydrogen) atoms. The molecule has 0 heterocycles. The van der Waals surface area contributed by atoms with E-state index in [2.05, 4.69) is 6.92 Å². The minimum absolute atomic E-state index is 0.229. The molecule has 0 saturated heterocycles. The van der Waals surface area contributed by atoms with Gasteiger partial charge >= 0.3 is 11.9 Å². The van der Waals surface area contributed by atoms with E-state index in [0.717, 1.165) is 37.8 Å². The van der Waals surface area contributed by atoms with Crippen molar-refractivity contribution in [1.29, 1.82) is 0 Å². The number of ether oxygens (including phenoxy) is 3. The molecule has 5 nitrogen and oxygen atoms in total. The van der Waals surface area contributed by atoms with Crippen molar-refractivity contribution in [1.82, 2.24) is 0 Å². The van der Waals surface area contributed by atoms with E-state index in [1.165, 1.54) is 12.8 Å². The first-order chi connectivity index (χ1) is 10.6. The average Bonchev–Trinajstić information content (AvgIpc) is 2.52. The second-order valence-corrected chi connectivity index (χ2v) is 5.43. The summed E-state index contributed by atoms with van der Waals surface area (Å²) in [6.45, 7) is 5.49. The van der Waals surface area contributed by atoms with Gasteiger partial charge in [-0.25, -0.2) is 9.59 Å². The number of esters is 2. The molecule has 1 unspecified atom stereocenters. The zero-order valence-corrected chi connectivity index (χ0v) is 14.1. The highest BCUT2D eigenvalue weighted by atomic mass is 16.5. The minimum atomic E-state index is -0.524. The summed E-state index contributed by atoms with van der Waals surface area (Å²) in [5.74, 6) is -0.795. The quantitative estimate of drug-likeness (QED) is 0.296. The van der Waals surface area contributed by atoms with E-state index in [9.17, 15) is 9.59 Å². The lowest BCUT2D eigenvalue weighted by molar-refractivity contribution is -0.141. The summed E-state index contributed by atoms with van der Waals surface area (Å²) in [5.41, 5.74) is 0. The fourth-order valence-electron chi connectivity index (χ4n) is 1.74. The van der Waals surface area contributed by atoms with Gasteiger partial charge in [0.1, 0.15) is 0 Å². The molecule has 0 amide bonds. The van der Waals surface area contributed by atoms with Crippen molar-refractivity contribution in [3.63, 3.8) is 0 Å². The Balaban J connectivity index is 3.67. The topological polar surface area (TPSA) is 61.8 Å². The maximum atomic E-state index is 11.4. The number of methoxy groups -OCH3 is 1. The molecule has 0 bridgehead atoms. The van der Waals surface area contributed by atoms with Gasteiger partial charge in [0.15, 0.2) is 0 Å². The van der Waals surface area contributed by atoms with Crippen molar-refractivity contribution in [3.8, 4) is 0 Å². The maximum absolute atomic E-state index is 11.4. The number of carbonyl (C=O) groups excluding carboxylic acids is 2. The van der Waals surface area contributed by atoms with Gasteiger partial charge in [-0.1, -0.05) is 39.5 Å². The smallest absolute Gasteiger partial charge is 0.331 e. The lowest BCUT2D eigenvalue weighted by Crippen LogP contribution is -2.12. The largest absolute Gasteiger partial charge is 0.463 e. The molecule has 0 fully saturated rings. The highest BCUT2D eigenvalue weighted by Crippen LogP contribution is 2.03. The molecule has 0 aromatic heterocycles. The molecule has 0 aromatic rings. The fraction of sp³-hybridized carbons (Fsp3) is 0.765. The van der Waals surface area contributed by atoms with Crippen LogP contribution in [0, 0.1) is 5.92 Å². The lowest BCUT2D eigenvalue weighted by atomic mass is 10.1. The van der Waals surface area contributed by atoms with Crippen LogP contribution < -0.4 is 0 Å². The van der Waals surface area contributed by atoms with Gasteiger partial charge in [-0.15, -0.1) is 0 Å². The van der Waals surface area contributed by atoms with E-state index >= 15 is 0 Å². The normalized spacial score (nSPS) is 12.3. The third-order valence-corrected chi connectivity index (χ3v) is 3.17. The van der Waals surface area contributed by atoms with Crippen molar-refractivity contribution in [2.24, 2.45) is 5.92 Å². The van der Waals surface area contributed by atoms with Crippen molar-refractivity contribution in [2.45, 2.75) is 52.4 Å². The Hall–Kier alpha value is -1.36. The molecule has 1 atom stereocenters. The van der Waals surface area contributed by atoms with E-state index in [4.69, 9.17) is 14.2 Å². The predicted molar refractivity (Wildman–Crippen MR) is 85.5 cm³/mol. The molecular weight excluding hydrogens is 284 g/mol. The van der Waals surface area contributed by atoms with E-state index in [0.29, 0.717) is 19.8 Å². The molecule has 0 N–H and O–H groups in total. The van der Waals surface area contributed by atoms with Gasteiger partial charge in [0, 0.05) is 25.9 Å². The van der Waals surface area contributed by atoms with Crippen LogP contribution in [0.4, 0.5) is 0 Å². The minimum Gasteiger partial charge on any atom is -0.463 e. The summed E-state index contributed by atoms with van der Waals surface area (Å²) in [6.07, 6.45) is 8.55. The third kappa shape index (κ3) is 13.6. The van der Waals surface area contributed by atoms with E-state index in [1.807, 2.05) is 6.92 Å². The summed E-state index contributed by atoms with van der Waals surface area (Å²) in [4.78, 5) is 22.8. The molecule has 0 aliphatic heterocycles. The molecule has 0 aromatic carbocycles. The van der Waals surface area contributed by atoms with Crippen LogP contribution in [0.15, 0.2) is 12.2 Å². The summed E-state index contributed by atoms with van der Waals surface area (Å²) in [5, 5.41) is 0. The van der Waals surface area contributed by atoms with Crippen LogP contribution in [-0.4, -0.2) is 38.9 Å². The highest BCUT2D eigenvalue weighted by molar-refractivity contribution is 5.91. The summed E-state index contributed by atoms with van der Waals surface area (Å²) in [7, 11) is 1.64. The molecule has 128 valence electrons. The van der Waals surface area contributed by atoms with Crippen LogP contribution in [0.2, 0.25) is 0 Å². The molecule has 0 aliphatic rings. The molecule has 0 radical (unpaired) electrons. The first-order valence-corrected chi connectivity index (χ1v) is 8.10. The predicted octanol–water partition coefficient (Wildman–Crippen LogP) is 3.27. The van der Waals surface area contributed by atoms with Gasteiger partial charge < -0.3 is 14.2 Å². The Kier molecular flexibility index (Phi) is 13.7. The van der Waals surface area contributed by atoms with Crippen LogP contribution >= 0.6 is 0 Å². The zero-order valence-electron chi connectivity index (χ0n) is 14.1. The Labute approximate surface area is 134 Å². The second kappa shape index (κ2) is 14.6. The molecule has 0 spiro atoms. The van der Waals surface area contributed by atoms with Crippen molar-refractivity contribution >= 4 is 11.9 Å². The van der Waals surface area contributed by atoms with Gasteiger partial charge in [-0.3, -0.25) is 0 Å². The highest BCUT2D eigenvalue weighted by Gasteiger charge is 2.06. The fourth-order valence-corrected chi connectivity index (χ4v) is 1.74. The first kappa shape index (κ1) is 20.6. The van der Waals surface area contributed by atoms with Gasteiger partial charge in [-0.05, 0) is 18.8 Å². The Morgan fingerprint density at radius 2 is 1.59 bits per heavy atom. The van der Waals surface area contributed by atoms with Crippen LogP contribution in [0.25, 0.3) is 0 Å². The average molecular weight is 314 g/mol. The second-order valence-electron chi connectivity index (χ2n) is 5.43. The molecule has 0 aliphatic carbocycles. The molecular formula is C17H30O5. The Morgan fingerprint density at radius 1 is 0.955 bits per heavy atom. The number of hydrogen-bond acceptors (Lipinski definition) is 5. The monoisotopic (exact) mass is 314 g/mol. The standard InChI is InChI=1S/C17H30O5/c1-4-5-6-7-8-12-21-16(18)9-10-17(19)22-14-15(2)11-13-20-3/h9-10,15H,4-8,11-14H2,1-3H3/b10-9+. The van der Waals surface area contributed by atoms with Gasteiger partial charge in [0.2, 0.25) is 0 Å². The zero-order chi connectivity index (χ0) is 16.6. The van der Waals surface area contributed by atoms with Crippen molar-refractivity contribution < 1.29 is 23.8 Å². The summed E-state index contributed by atoms with van der Waals surface area (Å²) in [6, 6.07) is 0. The summed E-state index contributed by atoms with van der Waals surface area (Å²) < 4.78 is 15.0. The molecule has 0 rings (SSSR count). The molecule has 0 saturated carbocycles. The number of hydrogen-bond donors (Lipinski definition) is 0. The Morgan fingerprint density at radius 3 is 2.23 bits per heavy atom. The van der Waals surface area contributed by atoms with Crippen molar-refractivity contribution in [2.75, 3.05) is 26.9 Å². The number of carbonyl (C=O) groups is 2. The number of rotatable bonds is 13. The third-order valence-electron chi connectivity index (χ3n) is 3.17. The lowest BCUT2D eigenvalue weighted by Gasteiger charge is -2.09. The van der Waals surface area contributed by atoms with E-state index in [1.54, 1.807) is 7.11 Å². The van der Waals surface area contributed by atoms with Crippen LogP contribution in [0.3, 0.4) is 0 Å². The number of unbranched alkanes of at least 4 members (excludes halogenated alkanes) is 4. The maximum Gasteiger partial charge on any atom is 0.331 e. The first-order valence-electron chi connectivity index (χ1n) is 8.10. The van der Waals surface area contributed by atoms with E-state index in [-0.39, 0.29) is 5.92 Å². The van der Waals surface area contributed by atoms with Gasteiger partial charge in [-0.2, -0.15) is 0 Å². The van der Waals surface area contributed by atoms with Gasteiger partial charge in [0.25, 0.3) is 0 Å². The van der Waals surface area contributed by atoms with E-state index < -0.39 is 11.9 Å². The molecule has 5 heteroatoms.